The van der Waals surface area contributed by atoms with Crippen LogP contribution in [-0.2, 0) is 4.79 Å². The van der Waals surface area contributed by atoms with E-state index >= 15 is 0 Å². The molecule has 1 heterocycles. The topological polar surface area (TPSA) is 56.1 Å². The third-order valence-corrected chi connectivity index (χ3v) is 4.45. The van der Waals surface area contributed by atoms with Gasteiger partial charge in [-0.15, -0.1) is 0 Å². The number of hydrogen-bond donors (Lipinski definition) is 1. The van der Waals surface area contributed by atoms with E-state index in [9.17, 15) is 4.79 Å². The van der Waals surface area contributed by atoms with Gasteiger partial charge in [0.25, 0.3) is 0 Å². The Morgan fingerprint density at radius 3 is 2.86 bits per heavy atom. The zero-order valence-electron chi connectivity index (χ0n) is 13.0. The summed E-state index contributed by atoms with van der Waals surface area (Å²) < 4.78 is 0. The van der Waals surface area contributed by atoms with E-state index in [4.69, 9.17) is 5.26 Å². The number of rotatable bonds is 4. The van der Waals surface area contributed by atoms with Crippen LogP contribution in [0.25, 0.3) is 0 Å². The lowest BCUT2D eigenvalue weighted by atomic mass is 10.1. The van der Waals surface area contributed by atoms with Crippen LogP contribution in [0, 0.1) is 11.3 Å². The first-order valence-electron chi connectivity index (χ1n) is 7.65. The normalized spacial score (nSPS) is 23.5. The highest BCUT2D eigenvalue weighted by Gasteiger charge is 2.35. The number of anilines is 1. The molecule has 0 saturated carbocycles. The zero-order valence-corrected chi connectivity index (χ0v) is 13.0. The van der Waals surface area contributed by atoms with Crippen molar-refractivity contribution in [2.75, 3.05) is 5.32 Å². The van der Waals surface area contributed by atoms with Gasteiger partial charge in [-0.3, -0.25) is 9.69 Å². The number of para-hydroxylation sites is 1. The second-order valence-electron chi connectivity index (χ2n) is 5.76. The summed E-state index contributed by atoms with van der Waals surface area (Å²) >= 11 is 0. The largest absolute Gasteiger partial charge is 0.324 e. The van der Waals surface area contributed by atoms with Crippen LogP contribution in [0.5, 0.6) is 0 Å². The molecular weight excluding hydrogens is 262 g/mol. The van der Waals surface area contributed by atoms with E-state index in [1.54, 1.807) is 18.2 Å². The fraction of sp³-hybridized carbons (Fsp3) is 0.529. The minimum absolute atomic E-state index is 0.0371. The maximum atomic E-state index is 12.5. The monoisotopic (exact) mass is 285 g/mol. The molecule has 112 valence electrons. The maximum Gasteiger partial charge on any atom is 0.241 e. The van der Waals surface area contributed by atoms with Gasteiger partial charge in [-0.1, -0.05) is 19.1 Å². The minimum atomic E-state index is -0.181. The van der Waals surface area contributed by atoms with Crippen LogP contribution in [0.15, 0.2) is 24.3 Å². The molecule has 3 atom stereocenters. The van der Waals surface area contributed by atoms with Crippen LogP contribution in [0.4, 0.5) is 5.69 Å². The fourth-order valence-corrected chi connectivity index (χ4v) is 3.27. The maximum absolute atomic E-state index is 12.5. The summed E-state index contributed by atoms with van der Waals surface area (Å²) in [4.78, 5) is 14.8. The molecule has 0 spiro atoms. The lowest BCUT2D eigenvalue weighted by molar-refractivity contribution is -0.121. The third kappa shape index (κ3) is 3.25. The van der Waals surface area contributed by atoms with Gasteiger partial charge in [0.2, 0.25) is 5.91 Å². The molecular formula is C17H23N3O. The highest BCUT2D eigenvalue weighted by Crippen LogP contribution is 2.28. The molecule has 1 saturated heterocycles. The summed E-state index contributed by atoms with van der Waals surface area (Å²) in [7, 11) is 0. The number of nitrogens with zero attached hydrogens (tertiary/aromatic N) is 2. The standard InChI is InChI=1S/C17H23N3O/c1-4-15-10-9-12(2)20(15)13(3)17(21)19-16-8-6-5-7-14(16)11-18/h5-8,12-13,15H,4,9-10H2,1-3H3,(H,19,21). The molecule has 4 heteroatoms. The second-order valence-corrected chi connectivity index (χ2v) is 5.76. The van der Waals surface area contributed by atoms with Gasteiger partial charge in [0.1, 0.15) is 6.07 Å². The van der Waals surface area contributed by atoms with Gasteiger partial charge < -0.3 is 5.32 Å². The highest BCUT2D eigenvalue weighted by atomic mass is 16.2. The second kappa shape index (κ2) is 6.73. The molecule has 4 nitrogen and oxygen atoms in total. The van der Waals surface area contributed by atoms with Gasteiger partial charge >= 0.3 is 0 Å². The summed E-state index contributed by atoms with van der Waals surface area (Å²) in [6.45, 7) is 6.31. The van der Waals surface area contributed by atoms with Gasteiger partial charge in [-0.05, 0) is 45.2 Å². The lowest BCUT2D eigenvalue weighted by Crippen LogP contribution is -2.47. The fourth-order valence-electron chi connectivity index (χ4n) is 3.27. The Morgan fingerprint density at radius 1 is 1.48 bits per heavy atom. The molecule has 1 aliphatic rings. The highest BCUT2D eigenvalue weighted by molar-refractivity contribution is 5.95. The van der Waals surface area contributed by atoms with Gasteiger partial charge in [-0.25, -0.2) is 0 Å². The Labute approximate surface area is 126 Å². The van der Waals surface area contributed by atoms with E-state index < -0.39 is 0 Å². The van der Waals surface area contributed by atoms with E-state index in [1.807, 2.05) is 13.0 Å². The average Bonchev–Trinajstić information content (AvgIpc) is 2.87. The number of nitrogens with one attached hydrogen (secondary N) is 1. The van der Waals surface area contributed by atoms with Crippen LogP contribution < -0.4 is 5.32 Å². The van der Waals surface area contributed by atoms with Crippen molar-refractivity contribution in [2.45, 2.75) is 58.2 Å². The predicted octanol–water partition coefficient (Wildman–Crippen LogP) is 3.15. The summed E-state index contributed by atoms with van der Waals surface area (Å²) in [6.07, 6.45) is 3.37. The van der Waals surface area contributed by atoms with Crippen LogP contribution in [-0.4, -0.2) is 28.9 Å². The van der Waals surface area contributed by atoms with Crippen molar-refractivity contribution < 1.29 is 4.79 Å². The van der Waals surface area contributed by atoms with Crippen LogP contribution in [0.1, 0.15) is 45.6 Å². The minimum Gasteiger partial charge on any atom is -0.324 e. The van der Waals surface area contributed by atoms with Gasteiger partial charge in [0, 0.05) is 12.1 Å². The van der Waals surface area contributed by atoms with E-state index in [-0.39, 0.29) is 11.9 Å². The zero-order chi connectivity index (χ0) is 15.4. The Balaban J connectivity index is 2.11. The molecule has 0 bridgehead atoms. The molecule has 0 aromatic heterocycles. The van der Waals surface area contributed by atoms with Crippen LogP contribution in [0.2, 0.25) is 0 Å². The molecule has 0 radical (unpaired) electrons. The molecule has 0 aliphatic carbocycles. The third-order valence-electron chi connectivity index (χ3n) is 4.45. The Morgan fingerprint density at radius 2 is 2.19 bits per heavy atom. The summed E-state index contributed by atoms with van der Waals surface area (Å²) in [5.41, 5.74) is 1.09. The van der Waals surface area contributed by atoms with Crippen molar-refractivity contribution in [3.63, 3.8) is 0 Å². The SMILES string of the molecule is CCC1CCC(C)N1C(C)C(=O)Nc1ccccc1C#N. The number of likely N-dealkylation sites (tertiary alicyclic amines) is 1. The Kier molecular flexibility index (Phi) is 4.98. The first-order valence-corrected chi connectivity index (χ1v) is 7.65. The molecule has 21 heavy (non-hydrogen) atoms. The summed E-state index contributed by atoms with van der Waals surface area (Å²) in [6, 6.07) is 9.95. The summed E-state index contributed by atoms with van der Waals surface area (Å²) in [5.74, 6) is -0.0371. The average molecular weight is 285 g/mol. The van der Waals surface area contributed by atoms with E-state index in [0.717, 1.165) is 19.3 Å². The molecule has 2 rings (SSSR count). The molecule has 1 amide bonds. The van der Waals surface area contributed by atoms with Crippen molar-refractivity contribution in [1.29, 1.82) is 5.26 Å². The first kappa shape index (κ1) is 15.5. The molecule has 1 aromatic carbocycles. The summed E-state index contributed by atoms with van der Waals surface area (Å²) in [5, 5.41) is 12.0. The van der Waals surface area contributed by atoms with Crippen molar-refractivity contribution in [1.82, 2.24) is 4.90 Å². The van der Waals surface area contributed by atoms with E-state index in [2.05, 4.69) is 30.1 Å². The molecule has 1 N–H and O–H groups in total. The van der Waals surface area contributed by atoms with E-state index in [1.165, 1.54) is 0 Å². The number of hydrogen-bond acceptors (Lipinski definition) is 3. The van der Waals surface area contributed by atoms with Crippen molar-refractivity contribution in [2.24, 2.45) is 0 Å². The smallest absolute Gasteiger partial charge is 0.241 e. The molecule has 3 unspecified atom stereocenters. The molecule has 1 aliphatic heterocycles. The van der Waals surface area contributed by atoms with Crippen molar-refractivity contribution in [3.8, 4) is 6.07 Å². The van der Waals surface area contributed by atoms with Crippen molar-refractivity contribution >= 4 is 11.6 Å². The number of benzene rings is 1. The van der Waals surface area contributed by atoms with Gasteiger partial charge in [0.05, 0.1) is 17.3 Å². The van der Waals surface area contributed by atoms with E-state index in [0.29, 0.717) is 23.3 Å². The number of amides is 1. The van der Waals surface area contributed by atoms with Crippen LogP contribution >= 0.6 is 0 Å². The number of carbonyl (C=O) groups excluding carboxylic acids is 1. The number of nitriles is 1. The molecule has 1 fully saturated rings. The molecule has 1 aromatic rings. The van der Waals surface area contributed by atoms with Gasteiger partial charge in [0.15, 0.2) is 0 Å². The van der Waals surface area contributed by atoms with Crippen molar-refractivity contribution in [3.05, 3.63) is 29.8 Å². The van der Waals surface area contributed by atoms with Crippen LogP contribution in [0.3, 0.4) is 0 Å². The Bertz CT molecular complexity index is 549. The predicted molar refractivity (Wildman–Crippen MR) is 83.9 cm³/mol. The quantitative estimate of drug-likeness (QED) is 0.924. The number of carbonyl (C=O) groups is 1. The van der Waals surface area contributed by atoms with Gasteiger partial charge in [-0.2, -0.15) is 5.26 Å². The lowest BCUT2D eigenvalue weighted by Gasteiger charge is -2.33. The Hall–Kier alpha value is -1.86. The first-order chi connectivity index (χ1) is 10.1.